The maximum atomic E-state index is 9.55. The van der Waals surface area contributed by atoms with E-state index in [0.717, 1.165) is 23.1 Å². The minimum absolute atomic E-state index is 0.143. The first-order valence-electron chi connectivity index (χ1n) is 8.27. The van der Waals surface area contributed by atoms with Crippen molar-refractivity contribution in [3.63, 3.8) is 0 Å². The number of carboxylic acids is 2. The van der Waals surface area contributed by atoms with Crippen molar-refractivity contribution < 1.29 is 19.8 Å². The molecule has 0 bridgehead atoms. The number of nitrogens with zero attached hydrogens (tertiary/aromatic N) is 1. The molecule has 0 aliphatic heterocycles. The highest BCUT2D eigenvalue weighted by Crippen LogP contribution is 2.21. The maximum Gasteiger partial charge on any atom is 0.328 e. The monoisotopic (exact) mass is 376 g/mol. The molecule has 0 heterocycles. The van der Waals surface area contributed by atoms with Gasteiger partial charge in [0, 0.05) is 24.6 Å². The van der Waals surface area contributed by atoms with Crippen LogP contribution < -0.4 is 5.73 Å². The molecule has 6 nitrogen and oxygen atoms in total. The lowest BCUT2D eigenvalue weighted by Crippen LogP contribution is -2.12. The van der Waals surface area contributed by atoms with Crippen LogP contribution in [0.5, 0.6) is 0 Å². The zero-order valence-electron chi connectivity index (χ0n) is 15.1. The number of nitrogens with two attached hydrogens (primary N) is 1. The molecule has 0 amide bonds. The summed E-state index contributed by atoms with van der Waals surface area (Å²) in [6, 6.07) is 17.7. The maximum absolute atomic E-state index is 9.55. The lowest BCUT2D eigenvalue weighted by Gasteiger charge is -2.14. The third kappa shape index (κ3) is 8.01. The molecule has 28 heavy (non-hydrogen) atoms. The summed E-state index contributed by atoms with van der Waals surface area (Å²) >= 11 is 0. The van der Waals surface area contributed by atoms with Gasteiger partial charge in [0.05, 0.1) is 11.6 Å². The van der Waals surface area contributed by atoms with Crippen LogP contribution in [0.1, 0.15) is 34.7 Å². The lowest BCUT2D eigenvalue weighted by atomic mass is 9.94. The van der Waals surface area contributed by atoms with Gasteiger partial charge in [-0.25, -0.2) is 9.59 Å². The van der Waals surface area contributed by atoms with Gasteiger partial charge in [-0.15, -0.1) is 12.3 Å². The molecular formula is C22H20N2O4. The second-order valence-electron chi connectivity index (χ2n) is 5.71. The van der Waals surface area contributed by atoms with E-state index in [1.165, 1.54) is 0 Å². The van der Waals surface area contributed by atoms with E-state index in [2.05, 4.69) is 18.1 Å². The first kappa shape index (κ1) is 22.2. The lowest BCUT2D eigenvalue weighted by molar-refractivity contribution is -0.134. The number of aliphatic carboxylic acids is 2. The Bertz CT molecular complexity index is 920. The van der Waals surface area contributed by atoms with Crippen LogP contribution in [0.3, 0.4) is 0 Å². The zero-order chi connectivity index (χ0) is 20.9. The molecule has 2 rings (SSSR count). The SMILES string of the molecule is C#CCC(N)c1ccccc1Cc1cccc(C#N)c1.O=C(O)/C=C/C(=O)O. The average Bonchev–Trinajstić information content (AvgIpc) is 2.67. The van der Waals surface area contributed by atoms with Gasteiger partial charge in [0.15, 0.2) is 0 Å². The molecule has 0 aliphatic carbocycles. The van der Waals surface area contributed by atoms with E-state index in [0.29, 0.717) is 24.1 Å². The summed E-state index contributed by atoms with van der Waals surface area (Å²) in [5.74, 6) is 0.0931. The molecule has 0 radical (unpaired) electrons. The number of carbonyl (C=O) groups is 2. The van der Waals surface area contributed by atoms with Crippen LogP contribution in [0.25, 0.3) is 0 Å². The van der Waals surface area contributed by atoms with Crippen LogP contribution in [-0.4, -0.2) is 22.2 Å². The van der Waals surface area contributed by atoms with E-state index in [9.17, 15) is 9.59 Å². The highest BCUT2D eigenvalue weighted by Gasteiger charge is 2.10. The van der Waals surface area contributed by atoms with E-state index in [1.807, 2.05) is 36.4 Å². The Morgan fingerprint density at radius 1 is 1.11 bits per heavy atom. The van der Waals surface area contributed by atoms with Crippen LogP contribution >= 0.6 is 0 Å². The second kappa shape index (κ2) is 11.7. The molecule has 2 aromatic carbocycles. The zero-order valence-corrected chi connectivity index (χ0v) is 15.1. The summed E-state index contributed by atoms with van der Waals surface area (Å²) in [7, 11) is 0. The molecule has 0 aliphatic rings. The number of rotatable bonds is 6. The normalized spacial score (nSPS) is 10.8. The molecule has 142 valence electrons. The Balaban J connectivity index is 0.000000416. The van der Waals surface area contributed by atoms with Gasteiger partial charge in [-0.3, -0.25) is 0 Å². The molecule has 0 aromatic heterocycles. The quantitative estimate of drug-likeness (QED) is 0.526. The number of nitriles is 1. The number of hydrogen-bond acceptors (Lipinski definition) is 4. The van der Waals surface area contributed by atoms with Crippen molar-refractivity contribution in [3.8, 4) is 18.4 Å². The molecule has 6 heteroatoms. The summed E-state index contributed by atoms with van der Waals surface area (Å²) in [4.78, 5) is 19.1. The fourth-order valence-electron chi connectivity index (χ4n) is 2.41. The van der Waals surface area contributed by atoms with E-state index < -0.39 is 11.9 Å². The van der Waals surface area contributed by atoms with Gasteiger partial charge >= 0.3 is 11.9 Å². The largest absolute Gasteiger partial charge is 0.478 e. The molecule has 1 unspecified atom stereocenters. The number of terminal acetylenes is 1. The van der Waals surface area contributed by atoms with Crippen LogP contribution in [0, 0.1) is 23.7 Å². The van der Waals surface area contributed by atoms with Crippen LogP contribution in [0.2, 0.25) is 0 Å². The predicted octanol–water partition coefficient (Wildman–Crippen LogP) is 2.88. The summed E-state index contributed by atoms with van der Waals surface area (Å²) in [6.45, 7) is 0. The molecule has 0 fully saturated rings. The van der Waals surface area contributed by atoms with Gasteiger partial charge in [0.1, 0.15) is 0 Å². The third-order valence-corrected chi connectivity index (χ3v) is 3.61. The predicted molar refractivity (Wildman–Crippen MR) is 105 cm³/mol. The Labute approximate surface area is 163 Å². The minimum atomic E-state index is -1.26. The van der Waals surface area contributed by atoms with Crippen LogP contribution in [0.15, 0.2) is 60.7 Å². The van der Waals surface area contributed by atoms with Gasteiger partial charge in [0.25, 0.3) is 0 Å². The summed E-state index contributed by atoms with van der Waals surface area (Å²) < 4.78 is 0. The van der Waals surface area contributed by atoms with Crippen LogP contribution in [-0.2, 0) is 16.0 Å². The molecule has 2 aromatic rings. The van der Waals surface area contributed by atoms with Crippen molar-refractivity contribution in [2.24, 2.45) is 5.73 Å². The van der Waals surface area contributed by atoms with Gasteiger partial charge < -0.3 is 15.9 Å². The van der Waals surface area contributed by atoms with Gasteiger partial charge in [-0.1, -0.05) is 36.4 Å². The molecule has 4 N–H and O–H groups in total. The van der Waals surface area contributed by atoms with Crippen molar-refractivity contribution in [2.45, 2.75) is 18.9 Å². The number of benzene rings is 2. The standard InChI is InChI=1S/C18H16N2.C4H4O4/c1-2-6-18(20)17-10-4-3-9-16(17)12-14-7-5-8-15(11-14)13-19;5-3(6)1-2-4(7)8/h1,3-5,7-11,18H,6,12,20H2;1-2H,(H,5,6)(H,7,8)/b;2-1+. The summed E-state index contributed by atoms with van der Waals surface area (Å²) in [5, 5.41) is 24.6. The highest BCUT2D eigenvalue weighted by molar-refractivity contribution is 5.89. The summed E-state index contributed by atoms with van der Waals surface area (Å²) in [6.07, 6.45) is 7.73. The van der Waals surface area contributed by atoms with E-state index >= 15 is 0 Å². The minimum Gasteiger partial charge on any atom is -0.478 e. The fourth-order valence-corrected chi connectivity index (χ4v) is 2.41. The molecule has 1 atom stereocenters. The van der Waals surface area contributed by atoms with Gasteiger partial charge in [-0.05, 0) is 35.2 Å². The van der Waals surface area contributed by atoms with Crippen molar-refractivity contribution >= 4 is 11.9 Å². The van der Waals surface area contributed by atoms with Crippen molar-refractivity contribution in [3.05, 3.63) is 82.9 Å². The summed E-state index contributed by atoms with van der Waals surface area (Å²) in [5.41, 5.74) is 10.1. The van der Waals surface area contributed by atoms with Crippen molar-refractivity contribution in [1.82, 2.24) is 0 Å². The molecule has 0 saturated heterocycles. The van der Waals surface area contributed by atoms with Crippen LogP contribution in [0.4, 0.5) is 0 Å². The van der Waals surface area contributed by atoms with E-state index in [1.54, 1.807) is 6.07 Å². The molecule has 0 spiro atoms. The van der Waals surface area contributed by atoms with Gasteiger partial charge in [0.2, 0.25) is 0 Å². The van der Waals surface area contributed by atoms with E-state index in [-0.39, 0.29) is 6.04 Å². The average molecular weight is 376 g/mol. The Kier molecular flexibility index (Phi) is 9.26. The first-order valence-corrected chi connectivity index (χ1v) is 8.27. The number of carboxylic acid groups (broad SMARTS) is 2. The Hall–Kier alpha value is -3.87. The number of hydrogen-bond donors (Lipinski definition) is 3. The Morgan fingerprint density at radius 3 is 2.32 bits per heavy atom. The van der Waals surface area contributed by atoms with Gasteiger partial charge in [-0.2, -0.15) is 5.26 Å². The Morgan fingerprint density at radius 2 is 1.75 bits per heavy atom. The topological polar surface area (TPSA) is 124 Å². The van der Waals surface area contributed by atoms with Crippen molar-refractivity contribution in [2.75, 3.05) is 0 Å². The smallest absolute Gasteiger partial charge is 0.328 e. The van der Waals surface area contributed by atoms with Crippen molar-refractivity contribution in [1.29, 1.82) is 5.26 Å². The van der Waals surface area contributed by atoms with E-state index in [4.69, 9.17) is 27.6 Å². The fraction of sp³-hybridized carbons (Fsp3) is 0.136. The second-order valence-corrected chi connectivity index (χ2v) is 5.71. The highest BCUT2D eigenvalue weighted by atomic mass is 16.4. The first-order chi connectivity index (χ1) is 13.4. The third-order valence-electron chi connectivity index (χ3n) is 3.61. The molecular weight excluding hydrogens is 356 g/mol. The molecule has 0 saturated carbocycles.